The summed E-state index contributed by atoms with van der Waals surface area (Å²) in [6.45, 7) is 0. The van der Waals surface area contributed by atoms with E-state index in [1.807, 2.05) is 0 Å². The van der Waals surface area contributed by atoms with E-state index in [0.717, 1.165) is 12.1 Å². The maximum Gasteiger partial charge on any atom is 0.416 e. The van der Waals surface area contributed by atoms with Crippen LogP contribution >= 0.6 is 0 Å². The van der Waals surface area contributed by atoms with Crippen molar-refractivity contribution in [2.75, 3.05) is 5.32 Å². The van der Waals surface area contributed by atoms with E-state index in [0.29, 0.717) is 5.56 Å². The third-order valence-electron chi connectivity index (χ3n) is 3.94. The molecule has 0 saturated heterocycles. The van der Waals surface area contributed by atoms with Crippen molar-refractivity contribution in [3.8, 4) is 0 Å². The zero-order valence-corrected chi connectivity index (χ0v) is 14.9. The Morgan fingerprint density at radius 2 is 1.62 bits per heavy atom. The molecule has 1 atom stereocenters. The van der Waals surface area contributed by atoms with Crippen molar-refractivity contribution < 1.29 is 27.5 Å². The van der Waals surface area contributed by atoms with Gasteiger partial charge in [-0.3, -0.25) is 9.78 Å². The highest BCUT2D eigenvalue weighted by Gasteiger charge is 2.31. The van der Waals surface area contributed by atoms with Crippen molar-refractivity contribution in [2.45, 2.75) is 12.3 Å². The van der Waals surface area contributed by atoms with Gasteiger partial charge >= 0.3 is 12.1 Å². The number of alkyl halides is 3. The first-order valence-corrected chi connectivity index (χ1v) is 8.48. The average Bonchev–Trinajstić information content (AvgIpc) is 2.72. The van der Waals surface area contributed by atoms with Gasteiger partial charge in [0.1, 0.15) is 0 Å². The van der Waals surface area contributed by atoms with E-state index in [1.165, 1.54) is 36.7 Å². The molecule has 1 N–H and O–H groups in total. The monoisotopic (exact) mass is 400 g/mol. The van der Waals surface area contributed by atoms with Crippen molar-refractivity contribution in [1.82, 2.24) is 4.98 Å². The molecule has 29 heavy (non-hydrogen) atoms. The van der Waals surface area contributed by atoms with Gasteiger partial charge < -0.3 is 10.1 Å². The van der Waals surface area contributed by atoms with E-state index in [9.17, 15) is 22.8 Å². The molecule has 3 rings (SSSR count). The van der Waals surface area contributed by atoms with Crippen LogP contribution in [-0.4, -0.2) is 16.9 Å². The molecule has 0 aliphatic rings. The number of anilines is 1. The molecular formula is C21H15F3N2O3. The lowest BCUT2D eigenvalue weighted by molar-refractivity contribution is -0.137. The van der Waals surface area contributed by atoms with Crippen LogP contribution in [0.4, 0.5) is 18.9 Å². The van der Waals surface area contributed by atoms with Gasteiger partial charge in [0.15, 0.2) is 0 Å². The molecule has 0 unspecified atom stereocenters. The summed E-state index contributed by atoms with van der Waals surface area (Å²) in [5, 5.41) is 2.38. The lowest BCUT2D eigenvalue weighted by Crippen LogP contribution is -2.26. The number of nitrogens with one attached hydrogen (secondary N) is 1. The van der Waals surface area contributed by atoms with E-state index in [2.05, 4.69) is 10.3 Å². The van der Waals surface area contributed by atoms with E-state index in [-0.39, 0.29) is 11.3 Å². The van der Waals surface area contributed by atoms with Crippen molar-refractivity contribution in [3.05, 3.63) is 95.8 Å². The molecule has 0 bridgehead atoms. The number of pyridine rings is 1. The van der Waals surface area contributed by atoms with Gasteiger partial charge in [-0.1, -0.05) is 36.4 Å². The number of carbonyl (C=O) groups is 2. The fraction of sp³-hybridized carbons (Fsp3) is 0.0952. The largest absolute Gasteiger partial charge is 0.444 e. The molecule has 8 heteroatoms. The van der Waals surface area contributed by atoms with Gasteiger partial charge in [-0.2, -0.15) is 13.2 Å². The molecule has 148 valence electrons. The second-order valence-electron chi connectivity index (χ2n) is 6.00. The van der Waals surface area contributed by atoms with Gasteiger partial charge in [-0.15, -0.1) is 0 Å². The highest BCUT2D eigenvalue weighted by atomic mass is 19.4. The minimum absolute atomic E-state index is 0.0642. The van der Waals surface area contributed by atoms with Crippen LogP contribution in [0, 0.1) is 0 Å². The zero-order valence-electron chi connectivity index (χ0n) is 14.9. The minimum atomic E-state index is -4.55. The van der Waals surface area contributed by atoms with Crippen LogP contribution < -0.4 is 5.32 Å². The lowest BCUT2D eigenvalue weighted by Gasteiger charge is -2.18. The number of esters is 1. The number of rotatable bonds is 5. The Balaban J connectivity index is 1.85. The molecule has 0 spiro atoms. The predicted molar refractivity (Wildman–Crippen MR) is 98.9 cm³/mol. The maximum absolute atomic E-state index is 12.9. The standard InChI is InChI=1S/C21H15F3N2O3/c22-21(23,24)16-7-4-8-17(13-16)26-19(27)18(14-5-2-1-3-6-14)29-20(28)15-9-11-25-12-10-15/h1-13,18H,(H,26,27)/t18-/m1/s1. The van der Waals surface area contributed by atoms with Gasteiger partial charge in [0.25, 0.3) is 5.91 Å². The molecular weight excluding hydrogens is 385 g/mol. The summed E-state index contributed by atoms with van der Waals surface area (Å²) >= 11 is 0. The Morgan fingerprint density at radius 1 is 0.931 bits per heavy atom. The first-order chi connectivity index (χ1) is 13.8. The second kappa shape index (κ2) is 8.55. The third-order valence-corrected chi connectivity index (χ3v) is 3.94. The van der Waals surface area contributed by atoms with Gasteiger partial charge in [-0.25, -0.2) is 4.79 Å². The number of hydrogen-bond donors (Lipinski definition) is 1. The topological polar surface area (TPSA) is 68.3 Å². The SMILES string of the molecule is O=C(O[C@@H](C(=O)Nc1cccc(C(F)(F)F)c1)c1ccccc1)c1ccncc1. The summed E-state index contributed by atoms with van der Waals surface area (Å²) < 4.78 is 44.1. The summed E-state index contributed by atoms with van der Waals surface area (Å²) in [5.41, 5.74) is -0.404. The van der Waals surface area contributed by atoms with Gasteiger partial charge in [0.2, 0.25) is 6.10 Å². The molecule has 0 saturated carbocycles. The fourth-order valence-corrected chi connectivity index (χ4v) is 2.54. The predicted octanol–water partition coefficient (Wildman–Crippen LogP) is 4.64. The van der Waals surface area contributed by atoms with Gasteiger partial charge in [0.05, 0.1) is 11.1 Å². The molecule has 3 aromatic rings. The van der Waals surface area contributed by atoms with Crippen LogP contribution in [0.1, 0.15) is 27.6 Å². The number of aromatic nitrogens is 1. The fourth-order valence-electron chi connectivity index (χ4n) is 2.54. The Kier molecular flexibility index (Phi) is 5.92. The molecule has 0 fully saturated rings. The van der Waals surface area contributed by atoms with Gasteiger partial charge in [0, 0.05) is 23.6 Å². The second-order valence-corrected chi connectivity index (χ2v) is 6.00. The number of nitrogens with zero attached hydrogens (tertiary/aromatic N) is 1. The third kappa shape index (κ3) is 5.19. The first kappa shape index (κ1) is 20.1. The van der Waals surface area contributed by atoms with Crippen LogP contribution in [0.2, 0.25) is 0 Å². The Labute approximate surface area is 164 Å². The number of ether oxygens (including phenoxy) is 1. The van der Waals surface area contributed by atoms with Crippen molar-refractivity contribution in [2.24, 2.45) is 0 Å². The summed E-state index contributed by atoms with van der Waals surface area (Å²) in [4.78, 5) is 29.0. The van der Waals surface area contributed by atoms with E-state index in [1.54, 1.807) is 30.3 Å². The van der Waals surface area contributed by atoms with Crippen LogP contribution in [0.3, 0.4) is 0 Å². The average molecular weight is 400 g/mol. The molecule has 0 aliphatic heterocycles. The van der Waals surface area contributed by atoms with Crippen LogP contribution in [0.15, 0.2) is 79.1 Å². The van der Waals surface area contributed by atoms with Crippen LogP contribution in [0.5, 0.6) is 0 Å². The quantitative estimate of drug-likeness (QED) is 0.634. The first-order valence-electron chi connectivity index (χ1n) is 8.48. The summed E-state index contributed by atoms with van der Waals surface area (Å²) in [6, 6.07) is 15.2. The number of halogens is 3. The van der Waals surface area contributed by atoms with Crippen molar-refractivity contribution >= 4 is 17.6 Å². The number of benzene rings is 2. The number of hydrogen-bond acceptors (Lipinski definition) is 4. The summed E-state index contributed by atoms with van der Waals surface area (Å²) in [7, 11) is 0. The van der Waals surface area contributed by atoms with E-state index >= 15 is 0 Å². The number of amides is 1. The molecule has 1 heterocycles. The summed E-state index contributed by atoms with van der Waals surface area (Å²) in [5.74, 6) is -1.54. The van der Waals surface area contributed by atoms with Crippen LogP contribution in [-0.2, 0) is 15.7 Å². The molecule has 0 radical (unpaired) electrons. The van der Waals surface area contributed by atoms with E-state index in [4.69, 9.17) is 4.74 Å². The summed E-state index contributed by atoms with van der Waals surface area (Å²) in [6.07, 6.45) is -3.10. The molecule has 0 aliphatic carbocycles. The molecule has 1 aromatic heterocycles. The Hall–Kier alpha value is -3.68. The van der Waals surface area contributed by atoms with Crippen molar-refractivity contribution in [1.29, 1.82) is 0 Å². The van der Waals surface area contributed by atoms with Gasteiger partial charge in [-0.05, 0) is 30.3 Å². The molecule has 5 nitrogen and oxygen atoms in total. The lowest BCUT2D eigenvalue weighted by atomic mass is 10.1. The normalized spacial score (nSPS) is 12.1. The minimum Gasteiger partial charge on any atom is -0.444 e. The Bertz CT molecular complexity index is 993. The zero-order chi connectivity index (χ0) is 20.9. The molecule has 2 aromatic carbocycles. The van der Waals surface area contributed by atoms with E-state index < -0.39 is 29.7 Å². The maximum atomic E-state index is 12.9. The highest BCUT2D eigenvalue weighted by molar-refractivity contribution is 5.98. The molecule has 1 amide bonds. The smallest absolute Gasteiger partial charge is 0.416 e. The van der Waals surface area contributed by atoms with Crippen LogP contribution in [0.25, 0.3) is 0 Å². The van der Waals surface area contributed by atoms with Crippen molar-refractivity contribution in [3.63, 3.8) is 0 Å². The Morgan fingerprint density at radius 3 is 2.28 bits per heavy atom. The number of carbonyl (C=O) groups excluding carboxylic acids is 2. The highest BCUT2D eigenvalue weighted by Crippen LogP contribution is 2.31.